The number of aryl methyl sites for hydroxylation is 2. The van der Waals surface area contributed by atoms with E-state index in [4.69, 9.17) is 14.5 Å². The summed E-state index contributed by atoms with van der Waals surface area (Å²) in [5.41, 5.74) is 1.11. The highest BCUT2D eigenvalue weighted by Gasteiger charge is 2.20. The predicted octanol–water partition coefficient (Wildman–Crippen LogP) is 2.65. The molecule has 1 saturated heterocycles. The number of nitrogens with one attached hydrogen (secondary N) is 1. The molecule has 0 aliphatic carbocycles. The molecule has 0 amide bonds. The molecule has 0 bridgehead atoms. The molecule has 1 N–H and O–H groups in total. The summed E-state index contributed by atoms with van der Waals surface area (Å²) in [6.07, 6.45) is 0. The monoisotopic (exact) mass is 374 g/mol. The zero-order valence-electron chi connectivity index (χ0n) is 14.8. The second kappa shape index (κ2) is 7.26. The Bertz CT molecular complexity index is 938. The van der Waals surface area contributed by atoms with E-state index in [0.29, 0.717) is 11.6 Å². The molecule has 2 aromatic heterocycles. The third kappa shape index (κ3) is 3.56. The third-order valence-electron chi connectivity index (χ3n) is 4.66. The minimum atomic E-state index is -0.330. The fourth-order valence-electron chi connectivity index (χ4n) is 3.11. The lowest BCUT2D eigenvalue weighted by atomic mass is 10.2. The van der Waals surface area contributed by atoms with Crippen LogP contribution in [0.5, 0.6) is 11.6 Å². The van der Waals surface area contributed by atoms with E-state index in [1.807, 2.05) is 6.92 Å². The van der Waals surface area contributed by atoms with Crippen LogP contribution in [0.2, 0.25) is 0 Å². The van der Waals surface area contributed by atoms with Crippen LogP contribution in [0.1, 0.15) is 16.3 Å². The fraction of sp³-hybridized carbons (Fsp3) is 0.368. The van der Waals surface area contributed by atoms with Crippen molar-refractivity contribution >= 4 is 21.6 Å². The van der Waals surface area contributed by atoms with Gasteiger partial charge in [0, 0.05) is 10.9 Å². The average molecular weight is 374 g/mol. The molecule has 5 nitrogen and oxygen atoms in total. The van der Waals surface area contributed by atoms with Crippen molar-refractivity contribution in [1.82, 2.24) is 9.97 Å². The van der Waals surface area contributed by atoms with Gasteiger partial charge < -0.3 is 14.4 Å². The first kappa shape index (κ1) is 17.3. The number of halogens is 1. The first-order valence-corrected chi connectivity index (χ1v) is 9.53. The molecule has 0 spiro atoms. The highest BCUT2D eigenvalue weighted by Crippen LogP contribution is 2.36. The number of fused-ring (bicyclic) bond motifs is 1. The maximum Gasteiger partial charge on any atom is 0.231 e. The summed E-state index contributed by atoms with van der Waals surface area (Å²) < 4.78 is 24.9. The Hall–Kier alpha value is -2.09. The lowest BCUT2D eigenvalue weighted by molar-refractivity contribution is -0.922. The lowest BCUT2D eigenvalue weighted by Crippen LogP contribution is -3.12. The van der Waals surface area contributed by atoms with E-state index in [0.717, 1.165) is 54.5 Å². The second-order valence-electron chi connectivity index (χ2n) is 6.51. The first-order chi connectivity index (χ1) is 12.6. The normalized spacial score (nSPS) is 15.5. The van der Waals surface area contributed by atoms with E-state index in [-0.39, 0.29) is 5.82 Å². The van der Waals surface area contributed by atoms with E-state index < -0.39 is 0 Å². The highest BCUT2D eigenvalue weighted by molar-refractivity contribution is 7.18. The SMILES string of the molecule is Cc1sc2nc(C[NH+]3CCOCC3)nc(Oc3cccc(F)c3)c2c1C. The van der Waals surface area contributed by atoms with Crippen molar-refractivity contribution < 1.29 is 18.8 Å². The van der Waals surface area contributed by atoms with Gasteiger partial charge >= 0.3 is 0 Å². The minimum Gasteiger partial charge on any atom is -0.438 e. The summed E-state index contributed by atoms with van der Waals surface area (Å²) in [6.45, 7) is 8.27. The van der Waals surface area contributed by atoms with E-state index in [2.05, 4.69) is 11.9 Å². The molecular weight excluding hydrogens is 353 g/mol. The van der Waals surface area contributed by atoms with Crippen LogP contribution in [-0.2, 0) is 11.3 Å². The average Bonchev–Trinajstić information content (AvgIpc) is 2.90. The van der Waals surface area contributed by atoms with Crippen LogP contribution < -0.4 is 9.64 Å². The summed E-state index contributed by atoms with van der Waals surface area (Å²) in [7, 11) is 0. The van der Waals surface area contributed by atoms with Gasteiger partial charge in [-0.1, -0.05) is 6.07 Å². The number of hydrogen-bond donors (Lipinski definition) is 1. The van der Waals surface area contributed by atoms with Gasteiger partial charge in [-0.05, 0) is 31.5 Å². The first-order valence-electron chi connectivity index (χ1n) is 8.71. The molecule has 26 heavy (non-hydrogen) atoms. The molecule has 3 aromatic rings. The molecule has 1 aliphatic heterocycles. The maximum absolute atomic E-state index is 13.5. The molecule has 4 rings (SSSR count). The van der Waals surface area contributed by atoms with Crippen LogP contribution in [0.25, 0.3) is 10.2 Å². The molecular formula is C19H21FN3O2S+. The number of quaternary nitrogens is 1. The van der Waals surface area contributed by atoms with Crippen molar-refractivity contribution in [2.45, 2.75) is 20.4 Å². The minimum absolute atomic E-state index is 0.330. The van der Waals surface area contributed by atoms with Crippen molar-refractivity contribution in [3.8, 4) is 11.6 Å². The van der Waals surface area contributed by atoms with Gasteiger partial charge in [0.15, 0.2) is 5.82 Å². The molecule has 0 atom stereocenters. The molecule has 3 heterocycles. The number of nitrogens with zero attached hydrogens (tertiary/aromatic N) is 2. The number of hydrogen-bond acceptors (Lipinski definition) is 5. The van der Waals surface area contributed by atoms with Crippen molar-refractivity contribution in [3.05, 3.63) is 46.3 Å². The van der Waals surface area contributed by atoms with Gasteiger partial charge in [-0.2, -0.15) is 4.98 Å². The Morgan fingerprint density at radius 1 is 1.23 bits per heavy atom. The second-order valence-corrected chi connectivity index (χ2v) is 7.71. The Balaban J connectivity index is 1.72. The summed E-state index contributed by atoms with van der Waals surface area (Å²) in [5, 5.41) is 0.914. The van der Waals surface area contributed by atoms with Crippen LogP contribution in [0.15, 0.2) is 24.3 Å². The summed E-state index contributed by atoms with van der Waals surface area (Å²) >= 11 is 1.64. The molecule has 1 fully saturated rings. The maximum atomic E-state index is 13.5. The standard InChI is InChI=1S/C19H20FN3O2S/c1-12-13(2)26-19-17(12)18(25-15-5-3-4-14(20)10-15)21-16(22-19)11-23-6-8-24-9-7-23/h3-5,10H,6-9,11H2,1-2H3/p+1. The molecule has 136 valence electrons. The number of morpholine rings is 1. The predicted molar refractivity (Wildman–Crippen MR) is 98.6 cm³/mol. The van der Waals surface area contributed by atoms with Gasteiger partial charge in [-0.25, -0.2) is 9.37 Å². The topological polar surface area (TPSA) is 48.7 Å². The van der Waals surface area contributed by atoms with Gasteiger partial charge in [-0.3, -0.25) is 0 Å². The Kier molecular flexibility index (Phi) is 4.84. The van der Waals surface area contributed by atoms with Gasteiger partial charge in [0.05, 0.1) is 18.6 Å². The molecule has 1 aliphatic rings. The Morgan fingerprint density at radius 2 is 2.04 bits per heavy atom. The smallest absolute Gasteiger partial charge is 0.231 e. The summed E-state index contributed by atoms with van der Waals surface area (Å²) in [4.78, 5) is 13.0. The van der Waals surface area contributed by atoms with Crippen LogP contribution in [0.3, 0.4) is 0 Å². The summed E-state index contributed by atoms with van der Waals surface area (Å²) in [6, 6.07) is 6.14. The number of aromatic nitrogens is 2. The largest absolute Gasteiger partial charge is 0.438 e. The van der Waals surface area contributed by atoms with Gasteiger partial charge in [-0.15, -0.1) is 11.3 Å². The summed E-state index contributed by atoms with van der Waals surface area (Å²) in [5.74, 6) is 1.37. The van der Waals surface area contributed by atoms with Crippen LogP contribution in [-0.4, -0.2) is 36.3 Å². The quantitative estimate of drug-likeness (QED) is 0.763. The van der Waals surface area contributed by atoms with E-state index in [9.17, 15) is 4.39 Å². The van der Waals surface area contributed by atoms with Crippen LogP contribution in [0.4, 0.5) is 4.39 Å². The fourth-order valence-corrected chi connectivity index (χ4v) is 4.15. The molecule has 0 unspecified atom stereocenters. The highest BCUT2D eigenvalue weighted by atomic mass is 32.1. The Labute approximate surface area is 155 Å². The van der Waals surface area contributed by atoms with Crippen LogP contribution in [0, 0.1) is 19.7 Å². The molecule has 0 radical (unpaired) electrons. The Morgan fingerprint density at radius 3 is 2.81 bits per heavy atom. The van der Waals surface area contributed by atoms with Crippen molar-refractivity contribution in [2.75, 3.05) is 26.3 Å². The van der Waals surface area contributed by atoms with E-state index in [1.165, 1.54) is 21.9 Å². The number of benzene rings is 1. The van der Waals surface area contributed by atoms with E-state index in [1.54, 1.807) is 23.5 Å². The van der Waals surface area contributed by atoms with Crippen molar-refractivity contribution in [1.29, 1.82) is 0 Å². The van der Waals surface area contributed by atoms with Gasteiger partial charge in [0.2, 0.25) is 5.88 Å². The van der Waals surface area contributed by atoms with E-state index >= 15 is 0 Å². The number of rotatable bonds is 4. The van der Waals surface area contributed by atoms with Crippen molar-refractivity contribution in [3.63, 3.8) is 0 Å². The number of ether oxygens (including phenoxy) is 2. The lowest BCUT2D eigenvalue weighted by Gasteiger charge is -2.23. The number of thiophene rings is 1. The van der Waals surface area contributed by atoms with Crippen LogP contribution >= 0.6 is 11.3 Å². The third-order valence-corrected chi connectivity index (χ3v) is 5.76. The van der Waals surface area contributed by atoms with Crippen molar-refractivity contribution in [2.24, 2.45) is 0 Å². The molecule has 1 aromatic carbocycles. The van der Waals surface area contributed by atoms with Gasteiger partial charge in [0.1, 0.15) is 36.0 Å². The zero-order valence-corrected chi connectivity index (χ0v) is 15.7. The zero-order chi connectivity index (χ0) is 18.1. The van der Waals surface area contributed by atoms with Gasteiger partial charge in [0.25, 0.3) is 0 Å². The molecule has 0 saturated carbocycles. The molecule has 7 heteroatoms.